The molecule has 0 bridgehead atoms. The van der Waals surface area contributed by atoms with Crippen LogP contribution in [0.3, 0.4) is 0 Å². The molecular formula is C13H17ClO4. The van der Waals surface area contributed by atoms with Crippen LogP contribution in [0.5, 0.6) is 11.5 Å². The van der Waals surface area contributed by atoms with E-state index in [1.54, 1.807) is 19.2 Å². The Labute approximate surface area is 112 Å². The summed E-state index contributed by atoms with van der Waals surface area (Å²) in [6.07, 6.45) is 2.50. The van der Waals surface area contributed by atoms with Crippen LogP contribution < -0.4 is 9.47 Å². The van der Waals surface area contributed by atoms with Crippen molar-refractivity contribution in [1.82, 2.24) is 0 Å². The fourth-order valence-electron chi connectivity index (χ4n) is 1.47. The second kappa shape index (κ2) is 7.95. The topological polar surface area (TPSA) is 44.8 Å². The van der Waals surface area contributed by atoms with Crippen molar-refractivity contribution >= 4 is 17.9 Å². The molecule has 0 aliphatic carbocycles. The van der Waals surface area contributed by atoms with Crippen LogP contribution in [0.15, 0.2) is 12.1 Å². The summed E-state index contributed by atoms with van der Waals surface area (Å²) in [6.45, 7) is 1.23. The van der Waals surface area contributed by atoms with E-state index in [9.17, 15) is 4.79 Å². The van der Waals surface area contributed by atoms with Crippen LogP contribution in [0.1, 0.15) is 23.2 Å². The summed E-state index contributed by atoms with van der Waals surface area (Å²) in [4.78, 5) is 10.7. The minimum Gasteiger partial charge on any atom is -0.493 e. The van der Waals surface area contributed by atoms with E-state index in [-0.39, 0.29) is 0 Å². The van der Waals surface area contributed by atoms with Crippen molar-refractivity contribution < 1.29 is 19.0 Å². The van der Waals surface area contributed by atoms with E-state index in [2.05, 4.69) is 0 Å². The molecule has 4 nitrogen and oxygen atoms in total. The monoisotopic (exact) mass is 272 g/mol. The molecule has 5 heteroatoms. The van der Waals surface area contributed by atoms with Gasteiger partial charge in [0, 0.05) is 19.3 Å². The summed E-state index contributed by atoms with van der Waals surface area (Å²) < 4.78 is 15.7. The number of hydrogen-bond acceptors (Lipinski definition) is 4. The van der Waals surface area contributed by atoms with Crippen molar-refractivity contribution in [1.29, 1.82) is 0 Å². The summed E-state index contributed by atoms with van der Waals surface area (Å²) in [5.74, 6) is 0.943. The first-order chi connectivity index (χ1) is 8.72. The third kappa shape index (κ3) is 4.20. The largest absolute Gasteiger partial charge is 0.493 e. The highest BCUT2D eigenvalue weighted by molar-refractivity contribution is 6.32. The van der Waals surface area contributed by atoms with Crippen molar-refractivity contribution in [2.24, 2.45) is 0 Å². The normalized spacial score (nSPS) is 10.2. The van der Waals surface area contributed by atoms with E-state index < -0.39 is 0 Å². The molecule has 0 saturated heterocycles. The highest BCUT2D eigenvalue weighted by Crippen LogP contribution is 2.36. The Morgan fingerprint density at radius 1 is 1.22 bits per heavy atom. The van der Waals surface area contributed by atoms with E-state index in [0.717, 1.165) is 19.1 Å². The lowest BCUT2D eigenvalue weighted by Crippen LogP contribution is -2.02. The maximum absolute atomic E-state index is 10.7. The quantitative estimate of drug-likeness (QED) is 0.539. The number of aldehydes is 1. The molecule has 0 fully saturated rings. The Hall–Kier alpha value is -1.26. The Balaban J connectivity index is 2.66. The molecule has 0 aliphatic rings. The van der Waals surface area contributed by atoms with Crippen LogP contribution in [0, 0.1) is 0 Å². The molecule has 0 spiro atoms. The third-order valence-electron chi connectivity index (χ3n) is 2.38. The van der Waals surface area contributed by atoms with Crippen LogP contribution in [0.2, 0.25) is 5.02 Å². The first kappa shape index (κ1) is 14.8. The maximum Gasteiger partial charge on any atom is 0.179 e. The lowest BCUT2D eigenvalue weighted by Gasteiger charge is -2.12. The fourth-order valence-corrected chi connectivity index (χ4v) is 1.74. The first-order valence-electron chi connectivity index (χ1n) is 5.67. The third-order valence-corrected chi connectivity index (χ3v) is 2.66. The molecule has 0 unspecified atom stereocenters. The van der Waals surface area contributed by atoms with E-state index in [1.165, 1.54) is 7.11 Å². The molecule has 0 aliphatic heterocycles. The zero-order chi connectivity index (χ0) is 13.4. The molecule has 0 amide bonds. The lowest BCUT2D eigenvalue weighted by molar-refractivity contribution is 0.112. The predicted octanol–water partition coefficient (Wildman–Crippen LogP) is 2.97. The molecule has 1 aromatic carbocycles. The number of rotatable bonds is 8. The van der Waals surface area contributed by atoms with Crippen LogP contribution in [-0.2, 0) is 4.74 Å². The summed E-state index contributed by atoms with van der Waals surface area (Å²) in [7, 11) is 3.18. The van der Waals surface area contributed by atoms with E-state index in [0.29, 0.717) is 35.3 Å². The molecule has 100 valence electrons. The van der Waals surface area contributed by atoms with Gasteiger partial charge in [0.2, 0.25) is 0 Å². The average Bonchev–Trinajstić information content (AvgIpc) is 2.39. The summed E-state index contributed by atoms with van der Waals surface area (Å²) in [5, 5.41) is 0.378. The van der Waals surface area contributed by atoms with Crippen molar-refractivity contribution in [2.45, 2.75) is 12.8 Å². The molecule has 0 radical (unpaired) electrons. The Morgan fingerprint density at radius 3 is 2.56 bits per heavy atom. The second-order valence-corrected chi connectivity index (χ2v) is 4.11. The second-order valence-electron chi connectivity index (χ2n) is 3.70. The van der Waals surface area contributed by atoms with Gasteiger partial charge < -0.3 is 14.2 Å². The lowest BCUT2D eigenvalue weighted by atomic mass is 10.2. The van der Waals surface area contributed by atoms with E-state index in [1.807, 2.05) is 0 Å². The van der Waals surface area contributed by atoms with Crippen LogP contribution in [0.4, 0.5) is 0 Å². The van der Waals surface area contributed by atoms with Crippen molar-refractivity contribution in [3.05, 3.63) is 22.7 Å². The molecule has 1 rings (SSSR count). The summed E-state index contributed by atoms with van der Waals surface area (Å²) >= 11 is 6.04. The van der Waals surface area contributed by atoms with Crippen molar-refractivity contribution in [3.63, 3.8) is 0 Å². The van der Waals surface area contributed by atoms with Gasteiger partial charge in [0.25, 0.3) is 0 Å². The number of carbonyl (C=O) groups excluding carboxylic acids is 1. The Morgan fingerprint density at radius 2 is 1.94 bits per heavy atom. The van der Waals surface area contributed by atoms with Gasteiger partial charge in [-0.15, -0.1) is 0 Å². The predicted molar refractivity (Wildman–Crippen MR) is 70.0 cm³/mol. The van der Waals surface area contributed by atoms with Crippen molar-refractivity contribution in [2.75, 3.05) is 27.4 Å². The van der Waals surface area contributed by atoms with Crippen LogP contribution in [0.25, 0.3) is 0 Å². The van der Waals surface area contributed by atoms with Gasteiger partial charge in [-0.05, 0) is 25.0 Å². The number of hydrogen-bond donors (Lipinski definition) is 0. The van der Waals surface area contributed by atoms with Gasteiger partial charge in [0.15, 0.2) is 11.5 Å². The molecule has 0 saturated carbocycles. The van der Waals surface area contributed by atoms with Crippen LogP contribution >= 0.6 is 11.6 Å². The molecule has 0 N–H and O–H groups in total. The summed E-state index contributed by atoms with van der Waals surface area (Å²) in [5.41, 5.74) is 0.462. The average molecular weight is 273 g/mol. The van der Waals surface area contributed by atoms with Gasteiger partial charge in [-0.1, -0.05) is 11.6 Å². The highest BCUT2D eigenvalue weighted by atomic mass is 35.5. The number of carbonyl (C=O) groups is 1. The molecule has 0 atom stereocenters. The molecule has 18 heavy (non-hydrogen) atoms. The van der Waals surface area contributed by atoms with Gasteiger partial charge in [0.05, 0.1) is 18.7 Å². The van der Waals surface area contributed by atoms with Gasteiger partial charge in [0.1, 0.15) is 6.29 Å². The van der Waals surface area contributed by atoms with Gasteiger partial charge in [-0.2, -0.15) is 0 Å². The minimum absolute atomic E-state index is 0.378. The SMILES string of the molecule is COCCCCOc1c(Cl)cc(C=O)cc1OC. The highest BCUT2D eigenvalue weighted by Gasteiger charge is 2.11. The zero-order valence-electron chi connectivity index (χ0n) is 10.6. The number of methoxy groups -OCH3 is 2. The van der Waals surface area contributed by atoms with Gasteiger partial charge in [-0.25, -0.2) is 0 Å². The van der Waals surface area contributed by atoms with Gasteiger partial charge in [-0.3, -0.25) is 4.79 Å². The number of benzene rings is 1. The molecule has 1 aromatic rings. The smallest absolute Gasteiger partial charge is 0.179 e. The van der Waals surface area contributed by atoms with Gasteiger partial charge >= 0.3 is 0 Å². The maximum atomic E-state index is 10.7. The zero-order valence-corrected chi connectivity index (χ0v) is 11.3. The van der Waals surface area contributed by atoms with Crippen molar-refractivity contribution in [3.8, 4) is 11.5 Å². The molecular weight excluding hydrogens is 256 g/mol. The number of halogens is 1. The Bertz CT molecular complexity index is 393. The molecule has 0 heterocycles. The number of unbranched alkanes of at least 4 members (excludes halogenated alkanes) is 1. The fraction of sp³-hybridized carbons (Fsp3) is 0.462. The first-order valence-corrected chi connectivity index (χ1v) is 6.05. The molecule has 0 aromatic heterocycles. The van der Waals surface area contributed by atoms with E-state index in [4.69, 9.17) is 25.8 Å². The van der Waals surface area contributed by atoms with Crippen LogP contribution in [-0.4, -0.2) is 33.7 Å². The minimum atomic E-state index is 0.378. The number of ether oxygens (including phenoxy) is 3. The summed E-state index contributed by atoms with van der Waals surface area (Å²) in [6, 6.07) is 3.16. The standard InChI is InChI=1S/C13H17ClO4/c1-16-5-3-4-6-18-13-11(14)7-10(9-15)8-12(13)17-2/h7-9H,3-6H2,1-2H3. The van der Waals surface area contributed by atoms with E-state index >= 15 is 0 Å². The Kier molecular flexibility index (Phi) is 6.54.